The fourth-order valence-corrected chi connectivity index (χ4v) is 3.73. The van der Waals surface area contributed by atoms with E-state index in [1.807, 2.05) is 48.5 Å². The maximum Gasteiger partial charge on any atom is 0.340 e. The van der Waals surface area contributed by atoms with Crippen molar-refractivity contribution < 1.29 is 14.3 Å². The monoisotopic (exact) mass is 362 g/mol. The predicted molar refractivity (Wildman–Crippen MR) is 106 cm³/mol. The Bertz CT molecular complexity index is 982. The SMILES string of the molecule is COC(=O)c1cn(C(=O)c2ccc(N3CCCCC3)cc2)c2ccccc12. The van der Waals surface area contributed by atoms with E-state index in [9.17, 15) is 9.59 Å². The van der Waals surface area contributed by atoms with E-state index in [0.29, 0.717) is 22.0 Å². The van der Waals surface area contributed by atoms with Crippen molar-refractivity contribution in [2.45, 2.75) is 19.3 Å². The molecule has 1 saturated heterocycles. The van der Waals surface area contributed by atoms with Crippen molar-refractivity contribution in [3.63, 3.8) is 0 Å². The molecule has 0 bridgehead atoms. The molecule has 0 N–H and O–H groups in total. The van der Waals surface area contributed by atoms with Crippen LogP contribution in [0.5, 0.6) is 0 Å². The molecule has 0 spiro atoms. The quantitative estimate of drug-likeness (QED) is 0.658. The fraction of sp³-hybridized carbons (Fsp3) is 0.273. The average molecular weight is 362 g/mol. The van der Waals surface area contributed by atoms with E-state index in [1.54, 1.807) is 6.20 Å². The molecule has 0 atom stereocenters. The fourth-order valence-electron chi connectivity index (χ4n) is 3.73. The maximum atomic E-state index is 13.1. The molecule has 4 rings (SSSR count). The Labute approximate surface area is 158 Å². The highest BCUT2D eigenvalue weighted by Gasteiger charge is 2.20. The number of fused-ring (bicyclic) bond motifs is 1. The number of rotatable bonds is 3. The highest BCUT2D eigenvalue weighted by atomic mass is 16.5. The van der Waals surface area contributed by atoms with Crippen LogP contribution in [0.2, 0.25) is 0 Å². The van der Waals surface area contributed by atoms with Crippen molar-refractivity contribution in [3.05, 3.63) is 65.9 Å². The summed E-state index contributed by atoms with van der Waals surface area (Å²) in [7, 11) is 1.34. The van der Waals surface area contributed by atoms with E-state index in [4.69, 9.17) is 4.74 Å². The number of carbonyl (C=O) groups is 2. The van der Waals surface area contributed by atoms with Gasteiger partial charge in [-0.1, -0.05) is 18.2 Å². The molecule has 1 aliphatic rings. The second-order valence-electron chi connectivity index (χ2n) is 6.82. The van der Waals surface area contributed by atoms with Crippen LogP contribution in [0.25, 0.3) is 10.9 Å². The summed E-state index contributed by atoms with van der Waals surface area (Å²) < 4.78 is 6.38. The number of esters is 1. The van der Waals surface area contributed by atoms with Crippen LogP contribution in [0.1, 0.15) is 40.0 Å². The van der Waals surface area contributed by atoms with E-state index in [0.717, 1.165) is 18.8 Å². The number of carbonyl (C=O) groups excluding carboxylic acids is 2. The summed E-state index contributed by atoms with van der Waals surface area (Å²) >= 11 is 0. The number of nitrogens with zero attached hydrogens (tertiary/aromatic N) is 2. The van der Waals surface area contributed by atoms with Crippen LogP contribution in [-0.4, -0.2) is 36.6 Å². The van der Waals surface area contributed by atoms with Gasteiger partial charge in [-0.2, -0.15) is 0 Å². The van der Waals surface area contributed by atoms with Gasteiger partial charge in [0.1, 0.15) is 0 Å². The number of piperidine rings is 1. The van der Waals surface area contributed by atoms with E-state index >= 15 is 0 Å². The van der Waals surface area contributed by atoms with Gasteiger partial charge in [0.25, 0.3) is 5.91 Å². The summed E-state index contributed by atoms with van der Waals surface area (Å²) in [6, 6.07) is 15.1. The lowest BCUT2D eigenvalue weighted by Gasteiger charge is -2.28. The molecule has 0 amide bonds. The Morgan fingerprint density at radius 3 is 2.33 bits per heavy atom. The summed E-state index contributed by atoms with van der Waals surface area (Å²) in [5, 5.41) is 0.711. The van der Waals surface area contributed by atoms with Crippen LogP contribution in [0.15, 0.2) is 54.7 Å². The second kappa shape index (κ2) is 7.27. The molecule has 2 aromatic carbocycles. The van der Waals surface area contributed by atoms with E-state index in [1.165, 1.54) is 30.9 Å². The van der Waals surface area contributed by atoms with Crippen molar-refractivity contribution in [3.8, 4) is 0 Å². The summed E-state index contributed by atoms with van der Waals surface area (Å²) in [6.45, 7) is 2.13. The molecule has 0 unspecified atom stereocenters. The molecule has 2 heterocycles. The van der Waals surface area contributed by atoms with Crippen molar-refractivity contribution in [2.75, 3.05) is 25.1 Å². The number of hydrogen-bond donors (Lipinski definition) is 0. The van der Waals surface area contributed by atoms with E-state index in [-0.39, 0.29) is 5.91 Å². The van der Waals surface area contributed by atoms with Crippen LogP contribution >= 0.6 is 0 Å². The van der Waals surface area contributed by atoms with Crippen LogP contribution in [0.4, 0.5) is 5.69 Å². The zero-order chi connectivity index (χ0) is 18.8. The van der Waals surface area contributed by atoms with Gasteiger partial charge in [0.15, 0.2) is 0 Å². The molecule has 27 heavy (non-hydrogen) atoms. The van der Waals surface area contributed by atoms with Crippen LogP contribution in [0.3, 0.4) is 0 Å². The van der Waals surface area contributed by atoms with Gasteiger partial charge in [0.2, 0.25) is 0 Å². The summed E-state index contributed by atoms with van der Waals surface area (Å²) in [6.07, 6.45) is 5.28. The zero-order valence-electron chi connectivity index (χ0n) is 15.4. The molecule has 5 heteroatoms. The molecule has 138 valence electrons. The third-order valence-corrected chi connectivity index (χ3v) is 5.17. The van der Waals surface area contributed by atoms with Gasteiger partial charge in [0.05, 0.1) is 18.2 Å². The summed E-state index contributed by atoms with van der Waals surface area (Å²) in [5.41, 5.74) is 2.83. The first kappa shape index (κ1) is 17.3. The average Bonchev–Trinajstić information content (AvgIpc) is 3.13. The van der Waals surface area contributed by atoms with Gasteiger partial charge < -0.3 is 9.64 Å². The number of aromatic nitrogens is 1. The van der Waals surface area contributed by atoms with Crippen molar-refractivity contribution in [1.82, 2.24) is 4.57 Å². The Balaban J connectivity index is 1.67. The van der Waals surface area contributed by atoms with Gasteiger partial charge in [-0.25, -0.2) is 4.79 Å². The summed E-state index contributed by atoms with van der Waals surface area (Å²) in [5.74, 6) is -0.607. The molecule has 0 radical (unpaired) electrons. The van der Waals surface area contributed by atoms with Gasteiger partial charge in [-0.3, -0.25) is 9.36 Å². The van der Waals surface area contributed by atoms with Crippen molar-refractivity contribution in [2.24, 2.45) is 0 Å². The standard InChI is InChI=1S/C22H22N2O3/c1-27-22(26)19-15-24(20-8-4-3-7-18(19)20)21(25)16-9-11-17(12-10-16)23-13-5-2-6-14-23/h3-4,7-12,15H,2,5-6,13-14H2,1H3. The second-order valence-corrected chi connectivity index (χ2v) is 6.82. The summed E-state index contributed by atoms with van der Waals surface area (Å²) in [4.78, 5) is 27.5. The van der Waals surface area contributed by atoms with Gasteiger partial charge in [0, 0.05) is 35.9 Å². The highest BCUT2D eigenvalue weighted by Crippen LogP contribution is 2.25. The molecular formula is C22H22N2O3. The number of ether oxygens (including phenoxy) is 1. The number of benzene rings is 2. The lowest BCUT2D eigenvalue weighted by molar-refractivity contribution is 0.0603. The largest absolute Gasteiger partial charge is 0.465 e. The lowest BCUT2D eigenvalue weighted by atomic mass is 10.1. The Morgan fingerprint density at radius 1 is 0.926 bits per heavy atom. The number of anilines is 1. The molecule has 0 saturated carbocycles. The molecule has 0 aliphatic carbocycles. The van der Waals surface area contributed by atoms with Gasteiger partial charge in [-0.05, 0) is 49.6 Å². The van der Waals surface area contributed by atoms with Crippen LogP contribution < -0.4 is 4.90 Å². The molecule has 1 aromatic heterocycles. The van der Waals surface area contributed by atoms with E-state index < -0.39 is 5.97 Å². The normalized spacial score (nSPS) is 14.3. The minimum Gasteiger partial charge on any atom is -0.465 e. The van der Waals surface area contributed by atoms with Crippen molar-refractivity contribution >= 4 is 28.5 Å². The highest BCUT2D eigenvalue weighted by molar-refractivity contribution is 6.10. The topological polar surface area (TPSA) is 51.5 Å². The van der Waals surface area contributed by atoms with Crippen LogP contribution in [-0.2, 0) is 4.74 Å². The van der Waals surface area contributed by atoms with Gasteiger partial charge >= 0.3 is 5.97 Å². The first-order valence-corrected chi connectivity index (χ1v) is 9.27. The molecule has 3 aromatic rings. The lowest BCUT2D eigenvalue weighted by Crippen LogP contribution is -2.29. The van der Waals surface area contributed by atoms with Crippen molar-refractivity contribution in [1.29, 1.82) is 0 Å². The van der Waals surface area contributed by atoms with Crippen LogP contribution in [0, 0.1) is 0 Å². The third kappa shape index (κ3) is 3.21. The number of hydrogen-bond acceptors (Lipinski definition) is 4. The van der Waals surface area contributed by atoms with E-state index in [2.05, 4.69) is 4.90 Å². The third-order valence-electron chi connectivity index (χ3n) is 5.17. The molecule has 1 aliphatic heterocycles. The Hall–Kier alpha value is -3.08. The maximum absolute atomic E-state index is 13.1. The molecular weight excluding hydrogens is 340 g/mol. The Kier molecular flexibility index (Phi) is 4.67. The Morgan fingerprint density at radius 2 is 1.63 bits per heavy atom. The minimum atomic E-state index is -0.446. The molecule has 5 nitrogen and oxygen atoms in total. The molecule has 1 fully saturated rings. The number of methoxy groups -OCH3 is 1. The predicted octanol–water partition coefficient (Wildman–Crippen LogP) is 4.11. The van der Waals surface area contributed by atoms with Gasteiger partial charge in [-0.15, -0.1) is 0 Å². The minimum absolute atomic E-state index is 0.161. The smallest absolute Gasteiger partial charge is 0.340 e. The number of para-hydroxylation sites is 1. The zero-order valence-corrected chi connectivity index (χ0v) is 15.4. The first-order chi connectivity index (χ1) is 13.2. The first-order valence-electron chi connectivity index (χ1n) is 9.27.